The largest absolute Gasteiger partial charge is 0.481 e. The summed E-state index contributed by atoms with van der Waals surface area (Å²) in [4.78, 5) is 14.0. The molecule has 4 heteroatoms. The number of benzene rings is 2. The zero-order chi connectivity index (χ0) is 13.4. The number of fused-ring (bicyclic) bond motifs is 3. The second-order valence-corrected chi connectivity index (χ2v) is 4.86. The maximum absolute atomic E-state index is 10.7. The standard InChI is InChI=1S/C15H12ClNO2/c16-8-10-2-4-13-12(5-10)11-3-1-9(7-15(18)19)6-14(11)17-13/h1-6,17H,7-8H2,(H,18,19). The summed E-state index contributed by atoms with van der Waals surface area (Å²) in [5, 5.41) is 11.0. The van der Waals surface area contributed by atoms with Crippen molar-refractivity contribution in [1.82, 2.24) is 4.98 Å². The molecule has 0 bridgehead atoms. The van der Waals surface area contributed by atoms with Gasteiger partial charge in [-0.05, 0) is 29.3 Å². The number of nitrogens with one attached hydrogen (secondary N) is 1. The number of hydrogen-bond acceptors (Lipinski definition) is 1. The van der Waals surface area contributed by atoms with Crippen molar-refractivity contribution in [3.63, 3.8) is 0 Å². The highest BCUT2D eigenvalue weighted by Crippen LogP contribution is 2.27. The second-order valence-electron chi connectivity index (χ2n) is 4.59. The van der Waals surface area contributed by atoms with E-state index in [9.17, 15) is 4.79 Å². The van der Waals surface area contributed by atoms with Crippen LogP contribution >= 0.6 is 11.6 Å². The summed E-state index contributed by atoms with van der Waals surface area (Å²) < 4.78 is 0. The fraction of sp³-hybridized carbons (Fsp3) is 0.133. The molecule has 0 spiro atoms. The maximum atomic E-state index is 10.7. The van der Waals surface area contributed by atoms with Crippen LogP contribution in [0.1, 0.15) is 11.1 Å². The van der Waals surface area contributed by atoms with Gasteiger partial charge in [0.05, 0.1) is 6.42 Å². The van der Waals surface area contributed by atoms with E-state index in [4.69, 9.17) is 16.7 Å². The summed E-state index contributed by atoms with van der Waals surface area (Å²) >= 11 is 5.85. The lowest BCUT2D eigenvalue weighted by Gasteiger charge is -1.98. The van der Waals surface area contributed by atoms with Gasteiger partial charge in [-0.15, -0.1) is 11.6 Å². The number of aliphatic carboxylic acids is 1. The normalized spacial score (nSPS) is 11.2. The number of carboxylic acid groups (broad SMARTS) is 1. The van der Waals surface area contributed by atoms with Gasteiger partial charge < -0.3 is 10.1 Å². The molecule has 1 aromatic heterocycles. The molecule has 0 atom stereocenters. The third-order valence-corrected chi connectivity index (χ3v) is 3.55. The Morgan fingerprint density at radius 2 is 1.84 bits per heavy atom. The first kappa shape index (κ1) is 12.1. The molecule has 3 rings (SSSR count). The molecule has 2 aromatic carbocycles. The van der Waals surface area contributed by atoms with Crippen molar-refractivity contribution < 1.29 is 9.90 Å². The van der Waals surface area contributed by atoms with Crippen LogP contribution < -0.4 is 0 Å². The smallest absolute Gasteiger partial charge is 0.307 e. The van der Waals surface area contributed by atoms with Crippen LogP contribution in [0.15, 0.2) is 36.4 Å². The Morgan fingerprint density at radius 3 is 2.58 bits per heavy atom. The van der Waals surface area contributed by atoms with Gasteiger partial charge in [-0.2, -0.15) is 0 Å². The van der Waals surface area contributed by atoms with Gasteiger partial charge in [0.2, 0.25) is 0 Å². The van der Waals surface area contributed by atoms with Crippen LogP contribution in [-0.4, -0.2) is 16.1 Å². The highest BCUT2D eigenvalue weighted by molar-refractivity contribution is 6.17. The molecule has 3 nitrogen and oxygen atoms in total. The van der Waals surface area contributed by atoms with Crippen molar-refractivity contribution in [2.24, 2.45) is 0 Å². The monoisotopic (exact) mass is 273 g/mol. The number of hydrogen-bond donors (Lipinski definition) is 2. The predicted molar refractivity (Wildman–Crippen MR) is 76.7 cm³/mol. The van der Waals surface area contributed by atoms with Gasteiger partial charge in [-0.25, -0.2) is 0 Å². The summed E-state index contributed by atoms with van der Waals surface area (Å²) in [6.45, 7) is 0. The van der Waals surface area contributed by atoms with E-state index in [1.807, 2.05) is 30.3 Å². The zero-order valence-electron chi connectivity index (χ0n) is 10.1. The lowest BCUT2D eigenvalue weighted by Crippen LogP contribution is -1.99. The van der Waals surface area contributed by atoms with E-state index in [1.54, 1.807) is 0 Å². The summed E-state index contributed by atoms with van der Waals surface area (Å²) in [5.41, 5.74) is 3.87. The van der Waals surface area contributed by atoms with Crippen LogP contribution in [0.3, 0.4) is 0 Å². The van der Waals surface area contributed by atoms with Gasteiger partial charge in [0.1, 0.15) is 0 Å². The van der Waals surface area contributed by atoms with Crippen molar-refractivity contribution in [3.8, 4) is 0 Å². The second kappa shape index (κ2) is 4.59. The number of H-pyrrole nitrogens is 1. The third-order valence-electron chi connectivity index (χ3n) is 3.24. The molecule has 0 fully saturated rings. The van der Waals surface area contributed by atoms with Crippen molar-refractivity contribution in [2.75, 3.05) is 0 Å². The fourth-order valence-corrected chi connectivity index (χ4v) is 2.53. The van der Waals surface area contributed by atoms with E-state index in [-0.39, 0.29) is 6.42 Å². The molecule has 0 aliphatic heterocycles. The van der Waals surface area contributed by atoms with Crippen LogP contribution in [0.25, 0.3) is 21.8 Å². The molecule has 0 saturated heterocycles. The molecule has 96 valence electrons. The Morgan fingerprint density at radius 1 is 1.05 bits per heavy atom. The number of carboxylic acids is 1. The van der Waals surface area contributed by atoms with E-state index < -0.39 is 5.97 Å². The Kier molecular flexibility index (Phi) is 2.91. The van der Waals surface area contributed by atoms with E-state index in [2.05, 4.69) is 11.1 Å². The van der Waals surface area contributed by atoms with Crippen LogP contribution in [0.5, 0.6) is 0 Å². The Bertz CT molecular complexity index is 776. The van der Waals surface area contributed by atoms with Crippen molar-refractivity contribution in [2.45, 2.75) is 12.3 Å². The maximum Gasteiger partial charge on any atom is 0.307 e. The van der Waals surface area contributed by atoms with E-state index in [0.717, 1.165) is 32.9 Å². The molecule has 19 heavy (non-hydrogen) atoms. The van der Waals surface area contributed by atoms with Crippen LogP contribution in [-0.2, 0) is 17.1 Å². The Balaban J connectivity index is 2.19. The molecule has 0 aliphatic carbocycles. The molecule has 0 saturated carbocycles. The number of aromatic amines is 1. The number of rotatable bonds is 3. The number of halogens is 1. The first-order valence-electron chi connectivity index (χ1n) is 5.98. The first-order chi connectivity index (χ1) is 9.17. The number of carbonyl (C=O) groups is 1. The quantitative estimate of drug-likeness (QED) is 0.715. The average Bonchev–Trinajstić information content (AvgIpc) is 2.74. The average molecular weight is 274 g/mol. The van der Waals surface area contributed by atoms with Crippen LogP contribution in [0, 0.1) is 0 Å². The summed E-state index contributed by atoms with van der Waals surface area (Å²) in [6.07, 6.45) is 0.0399. The molecule has 1 heterocycles. The van der Waals surface area contributed by atoms with Gasteiger partial charge in [0, 0.05) is 27.7 Å². The van der Waals surface area contributed by atoms with Gasteiger partial charge in [-0.1, -0.05) is 18.2 Å². The minimum Gasteiger partial charge on any atom is -0.481 e. The molecule has 3 aromatic rings. The molecule has 0 aliphatic rings. The SMILES string of the molecule is O=C(O)Cc1ccc2c(c1)[nH]c1ccc(CCl)cc12. The highest BCUT2D eigenvalue weighted by Gasteiger charge is 2.07. The molecule has 0 amide bonds. The van der Waals surface area contributed by atoms with Gasteiger partial charge in [-0.3, -0.25) is 4.79 Å². The molecular formula is C15H12ClNO2. The zero-order valence-corrected chi connectivity index (χ0v) is 10.9. The van der Waals surface area contributed by atoms with Crippen LogP contribution in [0.4, 0.5) is 0 Å². The topological polar surface area (TPSA) is 53.1 Å². The highest BCUT2D eigenvalue weighted by atomic mass is 35.5. The lowest BCUT2D eigenvalue weighted by atomic mass is 10.1. The summed E-state index contributed by atoms with van der Waals surface area (Å²) in [6, 6.07) is 11.8. The molecule has 0 unspecified atom stereocenters. The van der Waals surface area contributed by atoms with E-state index in [0.29, 0.717) is 5.88 Å². The molecule has 2 N–H and O–H groups in total. The molecular weight excluding hydrogens is 262 g/mol. The Labute approximate surface area is 114 Å². The van der Waals surface area contributed by atoms with Crippen LogP contribution in [0.2, 0.25) is 0 Å². The van der Waals surface area contributed by atoms with E-state index in [1.165, 1.54) is 0 Å². The predicted octanol–water partition coefficient (Wildman–Crippen LogP) is 3.69. The summed E-state index contributed by atoms with van der Waals surface area (Å²) in [5.74, 6) is -0.334. The van der Waals surface area contributed by atoms with Crippen molar-refractivity contribution >= 4 is 39.4 Å². The Hall–Kier alpha value is -2.00. The summed E-state index contributed by atoms with van der Waals surface area (Å²) in [7, 11) is 0. The fourth-order valence-electron chi connectivity index (χ4n) is 2.37. The van der Waals surface area contributed by atoms with E-state index >= 15 is 0 Å². The number of aromatic nitrogens is 1. The van der Waals surface area contributed by atoms with Gasteiger partial charge >= 0.3 is 5.97 Å². The molecule has 0 radical (unpaired) electrons. The first-order valence-corrected chi connectivity index (χ1v) is 6.52. The van der Waals surface area contributed by atoms with Crippen molar-refractivity contribution in [1.29, 1.82) is 0 Å². The van der Waals surface area contributed by atoms with Gasteiger partial charge in [0.15, 0.2) is 0 Å². The van der Waals surface area contributed by atoms with Gasteiger partial charge in [0.25, 0.3) is 0 Å². The minimum atomic E-state index is -0.820. The minimum absolute atomic E-state index is 0.0399. The third kappa shape index (κ3) is 2.17. The lowest BCUT2D eigenvalue weighted by molar-refractivity contribution is -0.136. The van der Waals surface area contributed by atoms with Crippen molar-refractivity contribution in [3.05, 3.63) is 47.5 Å². The number of alkyl halides is 1.